The fourth-order valence-corrected chi connectivity index (χ4v) is 3.29. The van der Waals surface area contributed by atoms with Crippen LogP contribution in [-0.4, -0.2) is 11.6 Å². The number of hydrogen-bond acceptors (Lipinski definition) is 3. The minimum atomic E-state index is -0.248. The van der Waals surface area contributed by atoms with Gasteiger partial charge in [0.15, 0.2) is 5.58 Å². The molecule has 140 valence electrons. The maximum atomic E-state index is 14.1. The van der Waals surface area contributed by atoms with Crippen LogP contribution in [0.1, 0.15) is 25.2 Å². The minimum Gasteiger partial charge on any atom is -0.494 e. The average molecular weight is 373 g/mol. The molecule has 1 aromatic heterocycles. The number of halogens is 1. The van der Waals surface area contributed by atoms with Gasteiger partial charge in [0.05, 0.1) is 6.61 Å². The van der Waals surface area contributed by atoms with Crippen LogP contribution in [0.2, 0.25) is 0 Å². The van der Waals surface area contributed by atoms with Crippen molar-refractivity contribution in [2.75, 3.05) is 6.61 Å². The largest absolute Gasteiger partial charge is 0.494 e. The summed E-state index contributed by atoms with van der Waals surface area (Å²) in [6, 6.07) is 12.3. The highest BCUT2D eigenvalue weighted by Gasteiger charge is 2.22. The Morgan fingerprint density at radius 2 is 2.04 bits per heavy atom. The molecule has 2 aliphatic carbocycles. The smallest absolute Gasteiger partial charge is 0.223 e. The third-order valence-electron chi connectivity index (χ3n) is 5.11. The van der Waals surface area contributed by atoms with Crippen molar-refractivity contribution in [2.45, 2.75) is 19.3 Å². The first-order valence-electron chi connectivity index (χ1n) is 9.62. The molecule has 2 aromatic carbocycles. The standard InChI is InChI=1S/C24H20FNO2/c25-21-7-2-1-6-20(21)18-11-13-22-23(14-18)28-24(26-22)17-4-3-5-19(12-10-17)27-15-16-8-9-16/h1-7,11-14,16H,8-10,15H2. The van der Waals surface area contributed by atoms with E-state index in [1.54, 1.807) is 12.1 Å². The summed E-state index contributed by atoms with van der Waals surface area (Å²) < 4.78 is 26.0. The molecule has 1 heterocycles. The van der Waals surface area contributed by atoms with Gasteiger partial charge in [0.1, 0.15) is 17.1 Å². The molecule has 1 saturated carbocycles. The van der Waals surface area contributed by atoms with Gasteiger partial charge in [-0.15, -0.1) is 0 Å². The number of aromatic nitrogens is 1. The second-order valence-corrected chi connectivity index (χ2v) is 7.30. The van der Waals surface area contributed by atoms with Gasteiger partial charge < -0.3 is 9.15 Å². The van der Waals surface area contributed by atoms with E-state index in [1.165, 1.54) is 18.9 Å². The molecule has 0 N–H and O–H groups in total. The van der Waals surface area contributed by atoms with E-state index in [-0.39, 0.29) is 5.82 Å². The first-order valence-corrected chi connectivity index (χ1v) is 9.62. The zero-order valence-corrected chi connectivity index (χ0v) is 15.4. The van der Waals surface area contributed by atoms with Gasteiger partial charge in [-0.1, -0.05) is 36.4 Å². The summed E-state index contributed by atoms with van der Waals surface area (Å²) in [4.78, 5) is 4.61. The number of ether oxygens (including phenoxy) is 1. The Bertz CT molecular complexity index is 1120. The van der Waals surface area contributed by atoms with Crippen molar-refractivity contribution < 1.29 is 13.5 Å². The Balaban J connectivity index is 1.40. The first kappa shape index (κ1) is 17.0. The molecule has 0 unspecified atom stereocenters. The van der Waals surface area contributed by atoms with Gasteiger partial charge in [0.2, 0.25) is 5.89 Å². The van der Waals surface area contributed by atoms with Crippen LogP contribution in [0.4, 0.5) is 4.39 Å². The van der Waals surface area contributed by atoms with Crippen LogP contribution >= 0.6 is 0 Å². The zero-order chi connectivity index (χ0) is 18.9. The Labute approximate surface area is 162 Å². The van der Waals surface area contributed by atoms with E-state index in [0.717, 1.165) is 34.9 Å². The van der Waals surface area contributed by atoms with Crippen molar-refractivity contribution in [3.8, 4) is 11.1 Å². The Kier molecular flexibility index (Phi) is 4.32. The molecule has 0 saturated heterocycles. The van der Waals surface area contributed by atoms with E-state index in [4.69, 9.17) is 9.15 Å². The fourth-order valence-electron chi connectivity index (χ4n) is 3.29. The Morgan fingerprint density at radius 1 is 1.14 bits per heavy atom. The van der Waals surface area contributed by atoms with E-state index in [9.17, 15) is 4.39 Å². The summed E-state index contributed by atoms with van der Waals surface area (Å²) in [6.45, 7) is 0.799. The summed E-state index contributed by atoms with van der Waals surface area (Å²) in [6.07, 6.45) is 11.3. The number of benzene rings is 2. The van der Waals surface area contributed by atoms with E-state index in [2.05, 4.69) is 11.1 Å². The van der Waals surface area contributed by atoms with Crippen LogP contribution in [0.15, 0.2) is 76.9 Å². The molecule has 1 fully saturated rings. The third kappa shape index (κ3) is 3.50. The monoisotopic (exact) mass is 373 g/mol. The van der Waals surface area contributed by atoms with Gasteiger partial charge >= 0.3 is 0 Å². The molecule has 5 rings (SSSR count). The second-order valence-electron chi connectivity index (χ2n) is 7.30. The van der Waals surface area contributed by atoms with E-state index < -0.39 is 0 Å². The van der Waals surface area contributed by atoms with Crippen LogP contribution in [0, 0.1) is 11.7 Å². The maximum absolute atomic E-state index is 14.1. The highest BCUT2D eigenvalue weighted by atomic mass is 19.1. The molecule has 0 atom stereocenters. The Hall–Kier alpha value is -3.14. The number of hydrogen-bond donors (Lipinski definition) is 0. The van der Waals surface area contributed by atoms with Gasteiger partial charge in [0, 0.05) is 11.1 Å². The lowest BCUT2D eigenvalue weighted by atomic mass is 10.1. The maximum Gasteiger partial charge on any atom is 0.223 e. The molecule has 0 amide bonds. The molecule has 28 heavy (non-hydrogen) atoms. The summed E-state index contributed by atoms with van der Waals surface area (Å²) >= 11 is 0. The molecular formula is C24H20FNO2. The van der Waals surface area contributed by atoms with Crippen LogP contribution in [0.25, 0.3) is 27.8 Å². The molecule has 4 heteroatoms. The van der Waals surface area contributed by atoms with Gasteiger partial charge in [-0.2, -0.15) is 0 Å². The van der Waals surface area contributed by atoms with Crippen molar-refractivity contribution in [1.29, 1.82) is 0 Å². The van der Waals surface area contributed by atoms with Crippen molar-refractivity contribution in [3.63, 3.8) is 0 Å². The van der Waals surface area contributed by atoms with Crippen LogP contribution in [0.3, 0.4) is 0 Å². The van der Waals surface area contributed by atoms with Crippen LogP contribution in [-0.2, 0) is 4.74 Å². The summed E-state index contributed by atoms with van der Waals surface area (Å²) in [7, 11) is 0. The molecular weight excluding hydrogens is 353 g/mol. The fraction of sp³-hybridized carbons (Fsp3) is 0.208. The highest BCUT2D eigenvalue weighted by molar-refractivity contribution is 5.82. The topological polar surface area (TPSA) is 35.3 Å². The zero-order valence-electron chi connectivity index (χ0n) is 15.4. The van der Waals surface area contributed by atoms with Crippen LogP contribution in [0.5, 0.6) is 0 Å². The van der Waals surface area contributed by atoms with E-state index >= 15 is 0 Å². The quantitative estimate of drug-likeness (QED) is 0.527. The van der Waals surface area contributed by atoms with Gasteiger partial charge in [-0.25, -0.2) is 9.37 Å². The van der Waals surface area contributed by atoms with Crippen molar-refractivity contribution >= 4 is 16.7 Å². The predicted octanol–water partition coefficient (Wildman–Crippen LogP) is 6.29. The van der Waals surface area contributed by atoms with Crippen molar-refractivity contribution in [1.82, 2.24) is 4.98 Å². The molecule has 0 bridgehead atoms. The lowest BCUT2D eigenvalue weighted by Gasteiger charge is -2.04. The molecule has 3 aromatic rings. The number of allylic oxidation sites excluding steroid dienone is 5. The third-order valence-corrected chi connectivity index (χ3v) is 5.11. The van der Waals surface area contributed by atoms with Crippen molar-refractivity contribution in [3.05, 3.63) is 84.2 Å². The van der Waals surface area contributed by atoms with E-state index in [0.29, 0.717) is 23.5 Å². The first-order chi connectivity index (χ1) is 13.8. The summed E-state index contributed by atoms with van der Waals surface area (Å²) in [5.74, 6) is 1.97. The summed E-state index contributed by atoms with van der Waals surface area (Å²) in [5, 5.41) is 0. The molecule has 0 radical (unpaired) electrons. The van der Waals surface area contributed by atoms with E-state index in [1.807, 2.05) is 42.5 Å². The van der Waals surface area contributed by atoms with Crippen LogP contribution < -0.4 is 0 Å². The molecule has 0 spiro atoms. The highest BCUT2D eigenvalue weighted by Crippen LogP contribution is 2.32. The minimum absolute atomic E-state index is 0.248. The van der Waals surface area contributed by atoms with Crippen molar-refractivity contribution in [2.24, 2.45) is 5.92 Å². The predicted molar refractivity (Wildman–Crippen MR) is 108 cm³/mol. The number of nitrogens with zero attached hydrogens (tertiary/aromatic N) is 1. The number of rotatable bonds is 5. The SMILES string of the molecule is Fc1ccccc1-c1ccc2nc(C3=CC=CC(OCC4CC4)=CC3)oc2c1. The lowest BCUT2D eigenvalue weighted by molar-refractivity contribution is 0.210. The normalized spacial score (nSPS) is 16.6. The van der Waals surface area contributed by atoms with Gasteiger partial charge in [-0.05, 0) is 61.1 Å². The van der Waals surface area contributed by atoms with Gasteiger partial charge in [-0.3, -0.25) is 0 Å². The second kappa shape index (κ2) is 7.12. The Morgan fingerprint density at radius 3 is 2.89 bits per heavy atom. The molecule has 0 aliphatic heterocycles. The number of fused-ring (bicyclic) bond motifs is 1. The molecule has 2 aliphatic rings. The van der Waals surface area contributed by atoms with Gasteiger partial charge in [0.25, 0.3) is 0 Å². The summed E-state index contributed by atoms with van der Waals surface area (Å²) in [5.41, 5.74) is 3.74. The lowest BCUT2D eigenvalue weighted by Crippen LogP contribution is -1.94. The molecule has 3 nitrogen and oxygen atoms in total. The average Bonchev–Trinajstić information content (AvgIpc) is 3.48. The number of oxazole rings is 1.